The smallest absolute Gasteiger partial charge is 0.222 e. The van der Waals surface area contributed by atoms with Gasteiger partial charge in [0.1, 0.15) is 0 Å². The number of amides is 1. The fourth-order valence-electron chi connectivity index (χ4n) is 5.92. The summed E-state index contributed by atoms with van der Waals surface area (Å²) < 4.78 is 9.70. The number of carbonyl (C=O) groups excluding carboxylic acids is 1. The van der Waals surface area contributed by atoms with Gasteiger partial charge in [-0.25, -0.2) is 0 Å². The first-order valence-electron chi connectivity index (χ1n) is 13.1. The van der Waals surface area contributed by atoms with E-state index in [4.69, 9.17) is 21.4 Å². The van der Waals surface area contributed by atoms with Crippen molar-refractivity contribution >= 4 is 29.0 Å². The van der Waals surface area contributed by atoms with Crippen molar-refractivity contribution < 1.29 is 9.53 Å². The Balaban J connectivity index is 1.43. The quantitative estimate of drug-likeness (QED) is 0.512. The minimum absolute atomic E-state index is 0.202. The molecule has 5 heterocycles. The van der Waals surface area contributed by atoms with Crippen molar-refractivity contribution in [2.45, 2.75) is 58.0 Å². The van der Waals surface area contributed by atoms with Gasteiger partial charge in [0.15, 0.2) is 5.82 Å². The maximum absolute atomic E-state index is 12.6. The Bertz CT molecular complexity index is 1290. The molecule has 3 aliphatic rings. The summed E-state index contributed by atoms with van der Waals surface area (Å²) in [4.78, 5) is 17.0. The van der Waals surface area contributed by atoms with Crippen molar-refractivity contribution in [3.8, 4) is 11.1 Å². The topological polar surface area (TPSA) is 68.4 Å². The normalized spacial score (nSPS) is 18.3. The number of nitrogens with zero attached hydrogens (tertiary/aromatic N) is 6. The summed E-state index contributed by atoms with van der Waals surface area (Å²) in [5.74, 6) is 1.19. The second kappa shape index (κ2) is 9.56. The molecular formula is C27H33ClN6O2. The van der Waals surface area contributed by atoms with Crippen molar-refractivity contribution in [1.82, 2.24) is 24.5 Å². The molecule has 3 aliphatic heterocycles. The Morgan fingerprint density at radius 2 is 2.03 bits per heavy atom. The van der Waals surface area contributed by atoms with Crippen molar-refractivity contribution in [2.24, 2.45) is 7.05 Å². The van der Waals surface area contributed by atoms with Gasteiger partial charge in [0.2, 0.25) is 5.91 Å². The molecule has 1 amide bonds. The minimum atomic E-state index is 0.202. The van der Waals surface area contributed by atoms with E-state index in [1.807, 2.05) is 31.3 Å². The monoisotopic (exact) mass is 508 g/mol. The van der Waals surface area contributed by atoms with E-state index >= 15 is 0 Å². The fourth-order valence-corrected chi connectivity index (χ4v) is 6.19. The molecule has 0 atom stereocenters. The molecule has 8 nitrogen and oxygen atoms in total. The van der Waals surface area contributed by atoms with Gasteiger partial charge in [0.05, 0.1) is 23.8 Å². The average Bonchev–Trinajstić information content (AvgIpc) is 3.51. The van der Waals surface area contributed by atoms with Gasteiger partial charge in [-0.2, -0.15) is 10.2 Å². The van der Waals surface area contributed by atoms with Crippen LogP contribution in [-0.2, 0) is 36.0 Å². The van der Waals surface area contributed by atoms with Crippen molar-refractivity contribution in [3.05, 3.63) is 46.4 Å². The third-order valence-electron chi connectivity index (χ3n) is 7.82. The Morgan fingerprint density at radius 1 is 1.19 bits per heavy atom. The van der Waals surface area contributed by atoms with E-state index in [1.165, 1.54) is 16.8 Å². The summed E-state index contributed by atoms with van der Waals surface area (Å²) in [6.07, 6.45) is 9.21. The van der Waals surface area contributed by atoms with E-state index in [0.717, 1.165) is 81.0 Å². The largest absolute Gasteiger partial charge is 0.381 e. The lowest BCUT2D eigenvalue weighted by atomic mass is 9.96. The highest BCUT2D eigenvalue weighted by atomic mass is 35.5. The zero-order valence-electron chi connectivity index (χ0n) is 21.0. The van der Waals surface area contributed by atoms with Crippen LogP contribution < -0.4 is 4.90 Å². The van der Waals surface area contributed by atoms with Crippen molar-refractivity contribution in [1.29, 1.82) is 0 Å². The summed E-state index contributed by atoms with van der Waals surface area (Å²) in [5.41, 5.74) is 6.91. The first-order valence-corrected chi connectivity index (χ1v) is 13.5. The number of carbonyl (C=O) groups is 1. The molecule has 0 bridgehead atoms. The number of ether oxygens (including phenoxy) is 1. The molecule has 0 aliphatic carbocycles. The molecule has 0 spiro atoms. The van der Waals surface area contributed by atoms with Gasteiger partial charge in [0.25, 0.3) is 0 Å². The van der Waals surface area contributed by atoms with Gasteiger partial charge in [0, 0.05) is 80.5 Å². The van der Waals surface area contributed by atoms with Crippen LogP contribution in [0, 0.1) is 0 Å². The molecule has 0 radical (unpaired) electrons. The second-order valence-corrected chi connectivity index (χ2v) is 10.5. The molecule has 0 saturated carbocycles. The summed E-state index contributed by atoms with van der Waals surface area (Å²) in [5, 5.41) is 10.3. The van der Waals surface area contributed by atoms with Crippen LogP contribution in [0.2, 0.25) is 5.02 Å². The molecule has 1 saturated heterocycles. The number of aromatic nitrogens is 4. The fraction of sp³-hybridized carbons (Fsp3) is 0.519. The molecule has 36 heavy (non-hydrogen) atoms. The SMILES string of the molecule is CCC(=O)N1CCc2c(c(N3CCCc4cc(-c5cnn(C)c5)c(Cl)cc43)nn2C2CCOCC2)C1. The van der Waals surface area contributed by atoms with Crippen LogP contribution in [0.4, 0.5) is 11.5 Å². The number of aryl methyl sites for hydroxylation is 2. The van der Waals surface area contributed by atoms with Crippen molar-refractivity contribution in [3.63, 3.8) is 0 Å². The number of fused-ring (bicyclic) bond motifs is 2. The average molecular weight is 509 g/mol. The standard InChI is InChI=1S/C27H33ClN6O2/c1-3-26(35)32-10-6-24-22(17-32)27(30-34(24)20-7-11-36-12-8-20)33-9-4-5-18-13-21(23(28)14-25(18)33)19-15-29-31(2)16-19/h13-16,20H,3-12,17H2,1-2H3. The van der Waals surface area contributed by atoms with Crippen LogP contribution in [0.15, 0.2) is 24.5 Å². The van der Waals surface area contributed by atoms with Crippen molar-refractivity contribution in [2.75, 3.05) is 31.2 Å². The Labute approximate surface area is 216 Å². The Morgan fingerprint density at radius 3 is 2.78 bits per heavy atom. The number of benzene rings is 1. The van der Waals surface area contributed by atoms with Crippen LogP contribution in [0.3, 0.4) is 0 Å². The van der Waals surface area contributed by atoms with Crippen LogP contribution >= 0.6 is 11.6 Å². The predicted molar refractivity (Wildman–Crippen MR) is 140 cm³/mol. The summed E-state index contributed by atoms with van der Waals surface area (Å²) in [6.45, 7) is 5.74. The third kappa shape index (κ3) is 4.10. The van der Waals surface area contributed by atoms with Crippen LogP contribution in [0.1, 0.15) is 55.5 Å². The van der Waals surface area contributed by atoms with Gasteiger partial charge in [-0.15, -0.1) is 0 Å². The van der Waals surface area contributed by atoms with Crippen LogP contribution in [-0.4, -0.2) is 56.7 Å². The maximum Gasteiger partial charge on any atom is 0.222 e. The molecule has 3 aromatic rings. The molecule has 190 valence electrons. The predicted octanol–water partition coefficient (Wildman–Crippen LogP) is 4.67. The molecule has 0 unspecified atom stereocenters. The zero-order chi connectivity index (χ0) is 24.8. The van der Waals surface area contributed by atoms with Gasteiger partial charge in [-0.1, -0.05) is 18.5 Å². The second-order valence-electron chi connectivity index (χ2n) is 10.1. The molecule has 9 heteroatoms. The first kappa shape index (κ1) is 23.6. The van der Waals surface area contributed by atoms with Gasteiger partial charge < -0.3 is 14.5 Å². The van der Waals surface area contributed by atoms with Gasteiger partial charge >= 0.3 is 0 Å². The summed E-state index contributed by atoms with van der Waals surface area (Å²) in [7, 11) is 1.92. The lowest BCUT2D eigenvalue weighted by Crippen LogP contribution is -2.37. The van der Waals surface area contributed by atoms with Gasteiger partial charge in [-0.05, 0) is 43.4 Å². The van der Waals surface area contributed by atoms with E-state index < -0.39 is 0 Å². The van der Waals surface area contributed by atoms with Crippen LogP contribution in [0.5, 0.6) is 0 Å². The number of rotatable bonds is 4. The highest BCUT2D eigenvalue weighted by Gasteiger charge is 2.34. The van der Waals surface area contributed by atoms with E-state index in [1.54, 1.807) is 4.68 Å². The molecule has 0 N–H and O–H groups in total. The van der Waals surface area contributed by atoms with Crippen LogP contribution in [0.25, 0.3) is 11.1 Å². The number of halogens is 1. The number of hydrogen-bond acceptors (Lipinski definition) is 5. The zero-order valence-corrected chi connectivity index (χ0v) is 21.8. The minimum Gasteiger partial charge on any atom is -0.381 e. The van der Waals surface area contributed by atoms with Gasteiger partial charge in [-0.3, -0.25) is 14.2 Å². The van der Waals surface area contributed by atoms with E-state index in [-0.39, 0.29) is 5.91 Å². The Hall–Kier alpha value is -2.84. The summed E-state index contributed by atoms with van der Waals surface area (Å²) in [6, 6.07) is 4.65. The van der Waals surface area contributed by atoms with E-state index in [0.29, 0.717) is 24.0 Å². The molecule has 1 fully saturated rings. The third-order valence-corrected chi connectivity index (χ3v) is 8.13. The molecular weight excluding hydrogens is 476 g/mol. The lowest BCUT2D eigenvalue weighted by molar-refractivity contribution is -0.131. The highest BCUT2D eigenvalue weighted by Crippen LogP contribution is 2.42. The highest BCUT2D eigenvalue weighted by molar-refractivity contribution is 6.33. The molecule has 6 rings (SSSR count). The number of hydrogen-bond donors (Lipinski definition) is 0. The maximum atomic E-state index is 12.6. The van der Waals surface area contributed by atoms with E-state index in [2.05, 4.69) is 26.8 Å². The molecule has 2 aromatic heterocycles. The lowest BCUT2D eigenvalue weighted by Gasteiger charge is -2.33. The van der Waals surface area contributed by atoms with E-state index in [9.17, 15) is 4.79 Å². The Kier molecular flexibility index (Phi) is 6.25. The molecule has 1 aromatic carbocycles. The first-order chi connectivity index (χ1) is 17.5. The summed E-state index contributed by atoms with van der Waals surface area (Å²) >= 11 is 6.86. The number of anilines is 2.